The van der Waals surface area contributed by atoms with Crippen molar-refractivity contribution in [3.8, 4) is 0 Å². The normalized spacial score (nSPS) is 25.2. The zero-order valence-electron chi connectivity index (χ0n) is 9.01. The molecule has 2 rings (SSSR count). The third-order valence-electron chi connectivity index (χ3n) is 2.93. The van der Waals surface area contributed by atoms with Crippen molar-refractivity contribution in [1.82, 2.24) is 0 Å². The number of benzene rings is 1. The van der Waals surface area contributed by atoms with Gasteiger partial charge in [-0.2, -0.15) is 13.2 Å². The summed E-state index contributed by atoms with van der Waals surface area (Å²) in [6.45, 7) is 0. The van der Waals surface area contributed by atoms with E-state index in [1.165, 1.54) is 0 Å². The topological polar surface area (TPSA) is 37.3 Å². The largest absolute Gasteiger partial charge is 0.481 e. The van der Waals surface area contributed by atoms with Crippen molar-refractivity contribution < 1.29 is 27.5 Å². The van der Waals surface area contributed by atoms with Crippen molar-refractivity contribution in [2.75, 3.05) is 0 Å². The van der Waals surface area contributed by atoms with Gasteiger partial charge in [0.1, 0.15) is 10.2 Å². The smallest absolute Gasteiger partial charge is 0.416 e. The van der Waals surface area contributed by atoms with Gasteiger partial charge in [0.15, 0.2) is 0 Å². The lowest BCUT2D eigenvalue weighted by Gasteiger charge is -2.09. The van der Waals surface area contributed by atoms with Crippen LogP contribution in [0.5, 0.6) is 0 Å². The maximum atomic E-state index is 13.2. The third kappa shape index (κ3) is 2.51. The fourth-order valence-electron chi connectivity index (χ4n) is 2.00. The zero-order chi connectivity index (χ0) is 14.6. The first-order valence-corrected chi connectivity index (χ1v) is 5.79. The van der Waals surface area contributed by atoms with Crippen molar-refractivity contribution >= 4 is 29.2 Å². The zero-order valence-corrected chi connectivity index (χ0v) is 10.5. The van der Waals surface area contributed by atoms with E-state index in [1.807, 2.05) is 0 Å². The molecule has 19 heavy (non-hydrogen) atoms. The van der Waals surface area contributed by atoms with Gasteiger partial charge < -0.3 is 5.11 Å². The minimum absolute atomic E-state index is 0.176. The molecule has 104 valence electrons. The van der Waals surface area contributed by atoms with Gasteiger partial charge in [-0.25, -0.2) is 4.39 Å². The maximum Gasteiger partial charge on any atom is 0.416 e. The Kier molecular flexibility index (Phi) is 3.22. The Balaban J connectivity index is 2.43. The molecular formula is C11H6Cl2F4O2. The molecule has 0 aliphatic heterocycles. The van der Waals surface area contributed by atoms with E-state index in [-0.39, 0.29) is 5.56 Å². The summed E-state index contributed by atoms with van der Waals surface area (Å²) >= 11 is 11.4. The molecule has 0 aromatic heterocycles. The van der Waals surface area contributed by atoms with Crippen LogP contribution in [0.3, 0.4) is 0 Å². The minimum Gasteiger partial charge on any atom is -0.481 e. The van der Waals surface area contributed by atoms with Gasteiger partial charge in [-0.05, 0) is 23.8 Å². The van der Waals surface area contributed by atoms with Gasteiger partial charge in [0, 0.05) is 5.92 Å². The highest BCUT2D eigenvalue weighted by Crippen LogP contribution is 2.65. The summed E-state index contributed by atoms with van der Waals surface area (Å²) in [6.07, 6.45) is -4.73. The van der Waals surface area contributed by atoms with E-state index in [0.29, 0.717) is 12.1 Å². The van der Waals surface area contributed by atoms with Gasteiger partial charge in [0.25, 0.3) is 0 Å². The summed E-state index contributed by atoms with van der Waals surface area (Å²) in [5, 5.41) is 8.83. The van der Waals surface area contributed by atoms with Crippen LogP contribution in [0.25, 0.3) is 0 Å². The lowest BCUT2D eigenvalue weighted by molar-refractivity contribution is -0.138. The molecule has 1 aromatic rings. The quantitative estimate of drug-likeness (QED) is 0.665. The van der Waals surface area contributed by atoms with Gasteiger partial charge >= 0.3 is 12.1 Å². The van der Waals surface area contributed by atoms with Gasteiger partial charge in [-0.15, -0.1) is 0 Å². The van der Waals surface area contributed by atoms with Crippen LogP contribution in [-0.4, -0.2) is 15.4 Å². The summed E-state index contributed by atoms with van der Waals surface area (Å²) in [4.78, 5) is 10.8. The van der Waals surface area contributed by atoms with Crippen LogP contribution in [0.15, 0.2) is 18.2 Å². The highest BCUT2D eigenvalue weighted by atomic mass is 35.5. The van der Waals surface area contributed by atoms with Crippen molar-refractivity contribution in [2.45, 2.75) is 16.4 Å². The van der Waals surface area contributed by atoms with E-state index in [9.17, 15) is 22.4 Å². The fourth-order valence-corrected chi connectivity index (χ4v) is 2.82. The molecule has 1 aliphatic rings. The molecule has 0 amide bonds. The number of carbonyl (C=O) groups is 1. The van der Waals surface area contributed by atoms with Gasteiger partial charge in [-0.1, -0.05) is 23.2 Å². The van der Waals surface area contributed by atoms with E-state index in [2.05, 4.69) is 0 Å². The van der Waals surface area contributed by atoms with Crippen molar-refractivity contribution in [1.29, 1.82) is 0 Å². The molecule has 0 heterocycles. The number of carboxylic acids is 1. The van der Waals surface area contributed by atoms with Gasteiger partial charge in [0.2, 0.25) is 0 Å². The number of hydrogen-bond donors (Lipinski definition) is 1. The second-order valence-corrected chi connectivity index (χ2v) is 5.68. The second-order valence-electron chi connectivity index (χ2n) is 4.24. The molecule has 8 heteroatoms. The van der Waals surface area contributed by atoms with Crippen LogP contribution in [0, 0.1) is 11.7 Å². The molecule has 0 bridgehead atoms. The van der Waals surface area contributed by atoms with E-state index >= 15 is 0 Å². The highest BCUT2D eigenvalue weighted by Gasteiger charge is 2.68. The van der Waals surface area contributed by atoms with E-state index in [0.717, 1.165) is 6.07 Å². The lowest BCUT2D eigenvalue weighted by atomic mass is 10.0. The Morgan fingerprint density at radius 3 is 2.26 bits per heavy atom. The predicted molar refractivity (Wildman–Crippen MR) is 59.7 cm³/mol. The molecule has 1 aromatic carbocycles. The molecule has 1 N–H and O–H groups in total. The molecule has 2 atom stereocenters. The Labute approximate surface area is 114 Å². The molecule has 0 radical (unpaired) electrons. The first kappa shape index (κ1) is 14.4. The van der Waals surface area contributed by atoms with E-state index in [1.54, 1.807) is 0 Å². The number of aliphatic carboxylic acids is 1. The van der Waals surface area contributed by atoms with Crippen molar-refractivity contribution in [3.05, 3.63) is 35.1 Å². The van der Waals surface area contributed by atoms with Gasteiger partial charge in [-0.3, -0.25) is 4.79 Å². The highest BCUT2D eigenvalue weighted by molar-refractivity contribution is 6.53. The van der Waals surface area contributed by atoms with Gasteiger partial charge in [0.05, 0.1) is 11.5 Å². The number of alkyl halides is 5. The summed E-state index contributed by atoms with van der Waals surface area (Å²) in [7, 11) is 0. The number of carboxylic acid groups (broad SMARTS) is 1. The van der Waals surface area contributed by atoms with Crippen LogP contribution in [0.2, 0.25) is 0 Å². The number of rotatable bonds is 2. The Bertz CT molecular complexity index is 542. The standard InChI is InChI=1S/C11H6Cl2F4O2/c12-10(13)7(8(10)9(18)19)4-1-5(11(15,16)17)3-6(14)2-4/h1-3,7-8H,(H,18,19)/t7-,8+/m1/s1. The molecule has 0 unspecified atom stereocenters. The minimum atomic E-state index is -4.73. The fraction of sp³-hybridized carbons (Fsp3) is 0.364. The van der Waals surface area contributed by atoms with Crippen LogP contribution in [0.4, 0.5) is 17.6 Å². The van der Waals surface area contributed by atoms with Crippen LogP contribution >= 0.6 is 23.2 Å². The van der Waals surface area contributed by atoms with Crippen molar-refractivity contribution in [2.24, 2.45) is 5.92 Å². The number of hydrogen-bond acceptors (Lipinski definition) is 1. The SMILES string of the molecule is O=C(O)[C@@H]1[C@@H](c2cc(F)cc(C(F)(F)F)c2)C1(Cl)Cl. The second kappa shape index (κ2) is 4.24. The van der Waals surface area contributed by atoms with Crippen molar-refractivity contribution in [3.63, 3.8) is 0 Å². The Hall–Kier alpha value is -1.01. The number of halogens is 6. The molecule has 2 nitrogen and oxygen atoms in total. The van der Waals surface area contributed by atoms with E-state index < -0.39 is 39.7 Å². The monoisotopic (exact) mass is 316 g/mol. The summed E-state index contributed by atoms with van der Waals surface area (Å²) in [5.41, 5.74) is -1.38. The van der Waals surface area contributed by atoms with E-state index in [4.69, 9.17) is 28.3 Å². The maximum absolute atomic E-state index is 13.2. The predicted octanol–water partition coefficient (Wildman–Crippen LogP) is 3.82. The summed E-state index contributed by atoms with van der Waals surface area (Å²) in [5.74, 6) is -4.78. The van der Waals surface area contributed by atoms with Crippen LogP contribution < -0.4 is 0 Å². The molecule has 1 aliphatic carbocycles. The molecule has 1 fully saturated rings. The lowest BCUT2D eigenvalue weighted by Crippen LogP contribution is -2.07. The molecular weight excluding hydrogens is 311 g/mol. The Morgan fingerprint density at radius 2 is 1.84 bits per heavy atom. The third-order valence-corrected chi connectivity index (χ3v) is 3.87. The first-order chi connectivity index (χ1) is 8.55. The molecule has 0 spiro atoms. The summed E-state index contributed by atoms with van der Waals surface area (Å²) < 4.78 is 49.1. The average molecular weight is 317 g/mol. The Morgan fingerprint density at radius 1 is 1.26 bits per heavy atom. The van der Waals surface area contributed by atoms with Crippen LogP contribution in [0.1, 0.15) is 17.0 Å². The molecule has 0 saturated heterocycles. The van der Waals surface area contributed by atoms with Crippen LogP contribution in [-0.2, 0) is 11.0 Å². The average Bonchev–Trinajstić information content (AvgIpc) is 2.79. The summed E-state index contributed by atoms with van der Waals surface area (Å²) in [6, 6.07) is 1.80. The first-order valence-electron chi connectivity index (χ1n) is 5.03. The molecule has 1 saturated carbocycles.